The third kappa shape index (κ3) is 5.13. The van der Waals surface area contributed by atoms with Crippen LogP contribution in [0.25, 0.3) is 0 Å². The van der Waals surface area contributed by atoms with Crippen molar-refractivity contribution < 1.29 is 13.2 Å². The number of anilines is 1. The predicted octanol–water partition coefficient (Wildman–Crippen LogP) is 2.83. The Balaban J connectivity index is 1.96. The Hall–Kier alpha value is -1.35. The van der Waals surface area contributed by atoms with Gasteiger partial charge in [-0.05, 0) is 42.5 Å². The highest BCUT2D eigenvalue weighted by Gasteiger charge is 2.09. The lowest BCUT2D eigenvalue weighted by Gasteiger charge is -2.07. The van der Waals surface area contributed by atoms with Gasteiger partial charge in [0, 0.05) is 15.1 Å². The summed E-state index contributed by atoms with van der Waals surface area (Å²) in [5.41, 5.74) is 0.396. The predicted molar refractivity (Wildman–Crippen MR) is 91.3 cm³/mol. The number of sulfonamides is 1. The molecule has 0 radical (unpaired) electrons. The first-order chi connectivity index (χ1) is 10.3. The fourth-order valence-electron chi connectivity index (χ4n) is 1.63. The van der Waals surface area contributed by atoms with Crippen LogP contribution in [-0.2, 0) is 14.8 Å². The van der Waals surface area contributed by atoms with Gasteiger partial charge in [0.15, 0.2) is 0 Å². The zero-order valence-corrected chi connectivity index (χ0v) is 14.5. The maximum Gasteiger partial charge on any atom is 0.238 e. The van der Waals surface area contributed by atoms with Gasteiger partial charge >= 0.3 is 0 Å². The standard InChI is InChI=1S/C14H13BrN2O3S2/c15-10-4-6-12(7-5-10)21-9-14(18)17-11-2-1-3-13(8-11)22(16,19)20/h1-8H,9H2,(H,17,18)(H2,16,19,20). The van der Waals surface area contributed by atoms with Crippen molar-refractivity contribution in [2.75, 3.05) is 11.1 Å². The molecular weight excluding hydrogens is 388 g/mol. The number of carbonyl (C=O) groups is 1. The first kappa shape index (κ1) is 17.0. The van der Waals surface area contributed by atoms with E-state index in [9.17, 15) is 13.2 Å². The zero-order chi connectivity index (χ0) is 16.2. The molecular formula is C14H13BrN2O3S2. The number of thioether (sulfide) groups is 1. The Morgan fingerprint density at radius 2 is 1.86 bits per heavy atom. The monoisotopic (exact) mass is 400 g/mol. The number of amides is 1. The number of primary sulfonamides is 1. The van der Waals surface area contributed by atoms with Crippen molar-refractivity contribution in [2.45, 2.75) is 9.79 Å². The van der Waals surface area contributed by atoms with Crippen molar-refractivity contribution >= 4 is 49.3 Å². The van der Waals surface area contributed by atoms with Gasteiger partial charge in [-0.25, -0.2) is 13.6 Å². The molecule has 0 heterocycles. The molecule has 8 heteroatoms. The molecule has 3 N–H and O–H groups in total. The van der Waals surface area contributed by atoms with Crippen LogP contribution in [0.5, 0.6) is 0 Å². The van der Waals surface area contributed by atoms with E-state index in [1.165, 1.54) is 30.0 Å². The number of carbonyl (C=O) groups excluding carboxylic acids is 1. The number of rotatable bonds is 5. The summed E-state index contributed by atoms with van der Waals surface area (Å²) < 4.78 is 23.5. The van der Waals surface area contributed by atoms with Crippen molar-refractivity contribution in [1.29, 1.82) is 0 Å². The molecule has 0 bridgehead atoms. The van der Waals surface area contributed by atoms with Gasteiger partial charge in [-0.15, -0.1) is 11.8 Å². The Morgan fingerprint density at radius 3 is 2.50 bits per heavy atom. The Labute approximate surface area is 141 Å². The van der Waals surface area contributed by atoms with E-state index < -0.39 is 10.0 Å². The number of nitrogens with two attached hydrogens (primary N) is 1. The number of hydrogen-bond acceptors (Lipinski definition) is 4. The van der Waals surface area contributed by atoms with Gasteiger partial charge in [0.1, 0.15) is 0 Å². The topological polar surface area (TPSA) is 89.3 Å². The quantitative estimate of drug-likeness (QED) is 0.754. The van der Waals surface area contributed by atoms with Gasteiger partial charge < -0.3 is 5.32 Å². The highest BCUT2D eigenvalue weighted by molar-refractivity contribution is 9.10. The van der Waals surface area contributed by atoms with Gasteiger partial charge in [0.25, 0.3) is 0 Å². The first-order valence-electron chi connectivity index (χ1n) is 6.16. The van der Waals surface area contributed by atoms with Gasteiger partial charge in [-0.1, -0.05) is 22.0 Å². The van der Waals surface area contributed by atoms with Crippen LogP contribution >= 0.6 is 27.7 Å². The summed E-state index contributed by atoms with van der Waals surface area (Å²) in [7, 11) is -3.78. The number of nitrogens with one attached hydrogen (secondary N) is 1. The second kappa shape index (κ2) is 7.28. The van der Waals surface area contributed by atoms with Gasteiger partial charge in [-0.2, -0.15) is 0 Å². The van der Waals surface area contributed by atoms with Crippen LogP contribution in [-0.4, -0.2) is 20.1 Å². The molecule has 22 heavy (non-hydrogen) atoms. The molecule has 0 atom stereocenters. The fraction of sp³-hybridized carbons (Fsp3) is 0.0714. The third-order valence-corrected chi connectivity index (χ3v) is 5.08. The highest BCUT2D eigenvalue weighted by atomic mass is 79.9. The maximum atomic E-state index is 11.9. The summed E-state index contributed by atoms with van der Waals surface area (Å²) in [6.45, 7) is 0. The molecule has 5 nitrogen and oxygen atoms in total. The summed E-state index contributed by atoms with van der Waals surface area (Å²) in [5, 5.41) is 7.70. The van der Waals surface area contributed by atoms with E-state index in [2.05, 4.69) is 21.2 Å². The average Bonchev–Trinajstić information content (AvgIpc) is 2.46. The average molecular weight is 401 g/mol. The molecule has 0 aliphatic heterocycles. The maximum absolute atomic E-state index is 11.9. The SMILES string of the molecule is NS(=O)(=O)c1cccc(NC(=O)CSc2ccc(Br)cc2)c1. The molecule has 116 valence electrons. The van der Waals surface area contributed by atoms with Crippen molar-refractivity contribution in [3.05, 3.63) is 53.0 Å². The van der Waals surface area contributed by atoms with Crippen molar-refractivity contribution in [3.63, 3.8) is 0 Å². The summed E-state index contributed by atoms with van der Waals surface area (Å²) in [6, 6.07) is 13.5. The second-order valence-corrected chi connectivity index (χ2v) is 7.89. The lowest BCUT2D eigenvalue weighted by Crippen LogP contribution is -2.16. The molecule has 2 aromatic rings. The third-order valence-electron chi connectivity index (χ3n) is 2.63. The van der Waals surface area contributed by atoms with Crippen molar-refractivity contribution in [3.8, 4) is 0 Å². The van der Waals surface area contributed by atoms with Crippen LogP contribution in [0, 0.1) is 0 Å². The molecule has 0 aromatic heterocycles. The van der Waals surface area contributed by atoms with E-state index in [0.717, 1.165) is 9.37 Å². The highest BCUT2D eigenvalue weighted by Crippen LogP contribution is 2.21. The summed E-state index contributed by atoms with van der Waals surface area (Å²) in [5.74, 6) is 0.000751. The second-order valence-electron chi connectivity index (χ2n) is 4.36. The zero-order valence-electron chi connectivity index (χ0n) is 11.3. The molecule has 0 aliphatic carbocycles. The molecule has 2 aromatic carbocycles. The van der Waals surface area contributed by atoms with Crippen LogP contribution < -0.4 is 10.5 Å². The fourth-order valence-corrected chi connectivity index (χ4v) is 3.15. The van der Waals surface area contributed by atoms with E-state index in [4.69, 9.17) is 5.14 Å². The van der Waals surface area contributed by atoms with Gasteiger partial charge in [0.05, 0.1) is 10.6 Å². The van der Waals surface area contributed by atoms with E-state index in [-0.39, 0.29) is 16.6 Å². The van der Waals surface area contributed by atoms with E-state index in [1.807, 2.05) is 24.3 Å². The molecule has 0 unspecified atom stereocenters. The summed E-state index contributed by atoms with van der Waals surface area (Å²) >= 11 is 4.74. The van der Waals surface area contributed by atoms with Crippen molar-refractivity contribution in [1.82, 2.24) is 0 Å². The van der Waals surface area contributed by atoms with E-state index in [1.54, 1.807) is 6.07 Å². The number of halogens is 1. The summed E-state index contributed by atoms with van der Waals surface area (Å²) in [6.07, 6.45) is 0. The first-order valence-corrected chi connectivity index (χ1v) is 9.48. The molecule has 2 rings (SSSR count). The molecule has 0 aliphatic rings. The van der Waals surface area contributed by atoms with Crippen LogP contribution in [0.15, 0.2) is 62.8 Å². The molecule has 0 fully saturated rings. The molecule has 1 amide bonds. The van der Waals surface area contributed by atoms with Crippen molar-refractivity contribution in [2.24, 2.45) is 5.14 Å². The number of benzene rings is 2. The van der Waals surface area contributed by atoms with Crippen LogP contribution in [0.2, 0.25) is 0 Å². The van der Waals surface area contributed by atoms with Crippen LogP contribution in [0.1, 0.15) is 0 Å². The van der Waals surface area contributed by atoms with E-state index in [0.29, 0.717) is 5.69 Å². The van der Waals surface area contributed by atoms with Gasteiger partial charge in [0.2, 0.25) is 15.9 Å². The lowest BCUT2D eigenvalue weighted by atomic mass is 10.3. The smallest absolute Gasteiger partial charge is 0.238 e. The summed E-state index contributed by atoms with van der Waals surface area (Å²) in [4.78, 5) is 12.8. The Kier molecular flexibility index (Phi) is 5.63. The lowest BCUT2D eigenvalue weighted by molar-refractivity contribution is -0.113. The Bertz CT molecular complexity index is 777. The molecule has 0 spiro atoms. The Morgan fingerprint density at radius 1 is 1.18 bits per heavy atom. The largest absolute Gasteiger partial charge is 0.325 e. The van der Waals surface area contributed by atoms with Crippen LogP contribution in [0.3, 0.4) is 0 Å². The molecule has 0 saturated carbocycles. The minimum atomic E-state index is -3.78. The van der Waals surface area contributed by atoms with Crippen LogP contribution in [0.4, 0.5) is 5.69 Å². The van der Waals surface area contributed by atoms with Gasteiger partial charge in [-0.3, -0.25) is 4.79 Å². The normalized spacial score (nSPS) is 11.2. The van der Waals surface area contributed by atoms with E-state index >= 15 is 0 Å². The number of hydrogen-bond donors (Lipinski definition) is 2. The minimum Gasteiger partial charge on any atom is -0.325 e. The minimum absolute atomic E-state index is 0.0362. The molecule has 0 saturated heterocycles.